The number of nitrogens with zero attached hydrogens (tertiary/aromatic N) is 1. The van der Waals surface area contributed by atoms with Crippen molar-refractivity contribution in [2.45, 2.75) is 40.3 Å². The number of para-hydroxylation sites is 1. The maximum absolute atomic E-state index is 12.3. The Kier molecular flexibility index (Phi) is 4.63. The minimum absolute atomic E-state index is 0.0161. The Morgan fingerprint density at radius 3 is 2.54 bits per heavy atom. The SMILES string of the molecule is CC(C)NCc1cccc2c3cccc(C(=O)C(C)C)cc-3nc12. The smallest absolute Gasteiger partial charge is 0.165 e. The lowest BCUT2D eigenvalue weighted by Crippen LogP contribution is -2.21. The second kappa shape index (κ2) is 6.70. The lowest BCUT2D eigenvalue weighted by Gasteiger charge is -2.08. The van der Waals surface area contributed by atoms with Crippen molar-refractivity contribution < 1.29 is 4.79 Å². The summed E-state index contributed by atoms with van der Waals surface area (Å²) < 4.78 is 0. The molecule has 0 saturated heterocycles. The molecule has 0 spiro atoms. The van der Waals surface area contributed by atoms with E-state index < -0.39 is 0 Å². The molecule has 3 heteroatoms. The molecule has 0 amide bonds. The van der Waals surface area contributed by atoms with Gasteiger partial charge in [0.15, 0.2) is 5.78 Å². The summed E-state index contributed by atoms with van der Waals surface area (Å²) in [6, 6.07) is 14.6. The van der Waals surface area contributed by atoms with Crippen LogP contribution in [0.25, 0.3) is 22.2 Å². The Balaban J connectivity index is 2.13. The van der Waals surface area contributed by atoms with Gasteiger partial charge in [-0.2, -0.15) is 0 Å². The number of fused-ring (bicyclic) bond motifs is 3. The number of nitrogens with one attached hydrogen (secondary N) is 1. The van der Waals surface area contributed by atoms with Crippen molar-refractivity contribution in [1.82, 2.24) is 10.3 Å². The molecule has 1 N–H and O–H groups in total. The maximum atomic E-state index is 12.3. The normalized spacial score (nSPS) is 11.8. The van der Waals surface area contributed by atoms with Crippen LogP contribution in [0.5, 0.6) is 0 Å². The molecule has 24 heavy (non-hydrogen) atoms. The zero-order valence-electron chi connectivity index (χ0n) is 14.8. The Bertz CT molecular complexity index is 852. The Morgan fingerprint density at radius 2 is 1.83 bits per heavy atom. The lowest BCUT2D eigenvalue weighted by atomic mass is 10.0. The van der Waals surface area contributed by atoms with Crippen LogP contribution in [-0.2, 0) is 6.54 Å². The Hall–Kier alpha value is -2.26. The van der Waals surface area contributed by atoms with E-state index in [0.29, 0.717) is 6.04 Å². The summed E-state index contributed by atoms with van der Waals surface area (Å²) >= 11 is 0. The van der Waals surface area contributed by atoms with Crippen LogP contribution in [0.15, 0.2) is 42.5 Å². The van der Waals surface area contributed by atoms with Crippen LogP contribution in [0.4, 0.5) is 0 Å². The average Bonchev–Trinajstić information content (AvgIpc) is 2.75. The molecular formula is C21H24N2O. The van der Waals surface area contributed by atoms with Crippen molar-refractivity contribution in [1.29, 1.82) is 0 Å². The number of ketones is 1. The van der Waals surface area contributed by atoms with Crippen LogP contribution in [0.1, 0.15) is 43.6 Å². The predicted octanol–water partition coefficient (Wildman–Crippen LogP) is 4.68. The van der Waals surface area contributed by atoms with Gasteiger partial charge >= 0.3 is 0 Å². The highest BCUT2D eigenvalue weighted by Gasteiger charge is 2.16. The van der Waals surface area contributed by atoms with Gasteiger partial charge in [0.2, 0.25) is 0 Å². The molecule has 1 aliphatic heterocycles. The fourth-order valence-corrected chi connectivity index (χ4v) is 2.93. The van der Waals surface area contributed by atoms with E-state index in [1.807, 2.05) is 32.0 Å². The molecule has 0 bridgehead atoms. The molecule has 0 aromatic heterocycles. The van der Waals surface area contributed by atoms with Gasteiger partial charge in [-0.3, -0.25) is 4.79 Å². The third kappa shape index (κ3) is 3.17. The number of Topliss-reactive ketones (excluding diaryl/α,β-unsaturated/α-hetero) is 1. The Labute approximate surface area is 143 Å². The molecule has 0 unspecified atom stereocenters. The minimum atomic E-state index is -0.0161. The second-order valence-electron chi connectivity index (χ2n) is 6.90. The van der Waals surface area contributed by atoms with Crippen molar-refractivity contribution in [3.05, 3.63) is 53.6 Å². The molecule has 3 rings (SSSR count). The van der Waals surface area contributed by atoms with Gasteiger partial charge in [0.25, 0.3) is 0 Å². The molecule has 0 saturated carbocycles. The summed E-state index contributed by atoms with van der Waals surface area (Å²) in [6.45, 7) is 8.92. The van der Waals surface area contributed by atoms with E-state index in [1.54, 1.807) is 0 Å². The van der Waals surface area contributed by atoms with Gasteiger partial charge in [-0.1, -0.05) is 64.1 Å². The standard InChI is InChI=1S/C21H24N2O/c1-13(2)21(24)15-7-5-9-17-18-10-6-8-16(12-22-14(3)4)20(18)23-19(17)11-15/h5-11,13-14,22H,12H2,1-4H3. The molecule has 1 aromatic carbocycles. The number of hydrogen-bond acceptors (Lipinski definition) is 3. The highest BCUT2D eigenvalue weighted by atomic mass is 16.1. The highest BCUT2D eigenvalue weighted by Crippen LogP contribution is 2.32. The molecule has 1 aromatic rings. The number of benzene rings is 1. The number of carbonyl (C=O) groups is 1. The van der Waals surface area contributed by atoms with Gasteiger partial charge in [-0.25, -0.2) is 4.98 Å². The topological polar surface area (TPSA) is 42.0 Å². The first kappa shape index (κ1) is 16.6. The first-order valence-electron chi connectivity index (χ1n) is 8.56. The van der Waals surface area contributed by atoms with Crippen LogP contribution in [0.2, 0.25) is 0 Å². The summed E-state index contributed by atoms with van der Waals surface area (Å²) in [7, 11) is 0. The second-order valence-corrected chi connectivity index (χ2v) is 6.90. The molecular weight excluding hydrogens is 296 g/mol. The van der Waals surface area contributed by atoms with Crippen molar-refractivity contribution in [2.75, 3.05) is 0 Å². The van der Waals surface area contributed by atoms with E-state index in [0.717, 1.165) is 34.3 Å². The Morgan fingerprint density at radius 1 is 1.08 bits per heavy atom. The molecule has 1 heterocycles. The van der Waals surface area contributed by atoms with Crippen LogP contribution in [0.3, 0.4) is 0 Å². The zero-order valence-corrected chi connectivity index (χ0v) is 14.8. The first-order valence-corrected chi connectivity index (χ1v) is 8.56. The monoisotopic (exact) mass is 320 g/mol. The maximum Gasteiger partial charge on any atom is 0.165 e. The lowest BCUT2D eigenvalue weighted by molar-refractivity contribution is 0.0939. The fraction of sp³-hybridized carbons (Fsp3) is 0.333. The van der Waals surface area contributed by atoms with E-state index in [-0.39, 0.29) is 11.7 Å². The van der Waals surface area contributed by atoms with E-state index in [4.69, 9.17) is 4.98 Å². The van der Waals surface area contributed by atoms with Gasteiger partial charge in [-0.15, -0.1) is 0 Å². The van der Waals surface area contributed by atoms with Crippen LogP contribution >= 0.6 is 0 Å². The number of rotatable bonds is 5. The number of carbonyl (C=O) groups excluding carboxylic acids is 1. The van der Waals surface area contributed by atoms with Crippen molar-refractivity contribution in [3.8, 4) is 11.3 Å². The number of aromatic nitrogens is 1. The summed E-state index contributed by atoms with van der Waals surface area (Å²) in [5.41, 5.74) is 4.92. The predicted molar refractivity (Wildman–Crippen MR) is 99.5 cm³/mol. The molecule has 0 fully saturated rings. The van der Waals surface area contributed by atoms with Crippen LogP contribution in [0, 0.1) is 5.92 Å². The summed E-state index contributed by atoms with van der Waals surface area (Å²) in [4.78, 5) is 17.2. The minimum Gasteiger partial charge on any atom is -0.310 e. The number of hydrogen-bond donors (Lipinski definition) is 1. The van der Waals surface area contributed by atoms with Gasteiger partial charge in [-0.05, 0) is 11.6 Å². The molecule has 0 atom stereocenters. The van der Waals surface area contributed by atoms with E-state index >= 15 is 0 Å². The third-order valence-electron chi connectivity index (χ3n) is 4.26. The first-order chi connectivity index (χ1) is 11.5. The molecule has 124 valence electrons. The molecule has 0 radical (unpaired) electrons. The van der Waals surface area contributed by atoms with Gasteiger partial charge in [0.1, 0.15) is 0 Å². The summed E-state index contributed by atoms with van der Waals surface area (Å²) in [5, 5.41) is 4.60. The summed E-state index contributed by atoms with van der Waals surface area (Å²) in [6.07, 6.45) is 0. The van der Waals surface area contributed by atoms with Crippen molar-refractivity contribution in [2.24, 2.45) is 5.92 Å². The average molecular weight is 320 g/mol. The largest absolute Gasteiger partial charge is 0.310 e. The van der Waals surface area contributed by atoms with Gasteiger partial charge in [0.05, 0.1) is 11.2 Å². The quantitative estimate of drug-likeness (QED) is 0.694. The molecule has 3 nitrogen and oxygen atoms in total. The van der Waals surface area contributed by atoms with Gasteiger partial charge in [0, 0.05) is 35.0 Å². The van der Waals surface area contributed by atoms with Crippen molar-refractivity contribution >= 4 is 16.7 Å². The molecule has 1 aliphatic carbocycles. The zero-order chi connectivity index (χ0) is 17.3. The summed E-state index contributed by atoms with van der Waals surface area (Å²) in [5.74, 6) is 0.138. The van der Waals surface area contributed by atoms with E-state index in [1.165, 1.54) is 5.56 Å². The highest BCUT2D eigenvalue weighted by molar-refractivity contribution is 6.02. The third-order valence-corrected chi connectivity index (χ3v) is 4.26. The van der Waals surface area contributed by atoms with Crippen LogP contribution < -0.4 is 5.32 Å². The molecule has 2 aliphatic rings. The van der Waals surface area contributed by atoms with Gasteiger partial charge < -0.3 is 5.32 Å². The van der Waals surface area contributed by atoms with Crippen LogP contribution in [-0.4, -0.2) is 16.8 Å². The van der Waals surface area contributed by atoms with Crippen molar-refractivity contribution in [3.63, 3.8) is 0 Å². The fourth-order valence-electron chi connectivity index (χ4n) is 2.93. The van der Waals surface area contributed by atoms with E-state index in [9.17, 15) is 4.79 Å². The van der Waals surface area contributed by atoms with E-state index in [2.05, 4.69) is 43.4 Å².